The number of carbonyl (C=O) groups is 1. The van der Waals surface area contributed by atoms with Crippen LogP contribution < -0.4 is 10.2 Å². The summed E-state index contributed by atoms with van der Waals surface area (Å²) in [7, 11) is 0. The van der Waals surface area contributed by atoms with E-state index in [1.807, 2.05) is 29.2 Å². The van der Waals surface area contributed by atoms with Crippen molar-refractivity contribution in [1.29, 1.82) is 0 Å². The number of rotatable bonds is 4. The first-order valence-corrected chi connectivity index (χ1v) is 9.35. The van der Waals surface area contributed by atoms with Crippen molar-refractivity contribution in [2.75, 3.05) is 36.4 Å². The Balaban J connectivity index is 1.33. The Morgan fingerprint density at radius 2 is 1.81 bits per heavy atom. The summed E-state index contributed by atoms with van der Waals surface area (Å²) in [5.74, 6) is 1.67. The monoisotopic (exact) mass is 352 g/mol. The van der Waals surface area contributed by atoms with Crippen molar-refractivity contribution in [3.8, 4) is 0 Å². The van der Waals surface area contributed by atoms with E-state index >= 15 is 0 Å². The zero-order valence-corrected chi connectivity index (χ0v) is 14.8. The smallest absolute Gasteiger partial charge is 0.274 e. The van der Waals surface area contributed by atoms with Gasteiger partial charge in [-0.15, -0.1) is 10.2 Å². The van der Waals surface area contributed by atoms with Gasteiger partial charge >= 0.3 is 0 Å². The van der Waals surface area contributed by atoms with Gasteiger partial charge in [-0.1, -0.05) is 18.9 Å². The average molecular weight is 352 g/mol. The van der Waals surface area contributed by atoms with Gasteiger partial charge in [0.2, 0.25) is 0 Å². The molecule has 2 aromatic rings. The minimum atomic E-state index is -0.0504. The molecule has 0 bridgehead atoms. The Kier molecular flexibility index (Phi) is 4.95. The summed E-state index contributed by atoms with van der Waals surface area (Å²) in [6.07, 6.45) is 6.70. The van der Waals surface area contributed by atoms with Crippen molar-refractivity contribution in [1.82, 2.24) is 20.1 Å². The zero-order valence-electron chi connectivity index (χ0n) is 14.8. The third-order valence-electron chi connectivity index (χ3n) is 5.13. The summed E-state index contributed by atoms with van der Waals surface area (Å²) >= 11 is 0. The molecule has 7 heteroatoms. The number of nitrogens with one attached hydrogen (secondary N) is 1. The third kappa shape index (κ3) is 3.76. The highest BCUT2D eigenvalue weighted by atomic mass is 16.2. The van der Waals surface area contributed by atoms with Gasteiger partial charge in [0, 0.05) is 38.4 Å². The molecule has 1 saturated heterocycles. The summed E-state index contributed by atoms with van der Waals surface area (Å²) in [5, 5.41) is 11.7. The van der Waals surface area contributed by atoms with E-state index in [1.165, 1.54) is 25.7 Å². The van der Waals surface area contributed by atoms with Crippen LogP contribution in [-0.2, 0) is 0 Å². The van der Waals surface area contributed by atoms with E-state index < -0.39 is 0 Å². The Labute approximate surface area is 153 Å². The maximum absolute atomic E-state index is 12.7. The van der Waals surface area contributed by atoms with Crippen LogP contribution in [-0.4, -0.2) is 58.2 Å². The zero-order chi connectivity index (χ0) is 17.8. The van der Waals surface area contributed by atoms with Crippen LogP contribution in [0.1, 0.15) is 36.2 Å². The predicted octanol–water partition coefficient (Wildman–Crippen LogP) is 2.19. The molecule has 2 fully saturated rings. The number of hydrogen-bond donors (Lipinski definition) is 1. The second-order valence-electron chi connectivity index (χ2n) is 6.90. The average Bonchev–Trinajstić information content (AvgIpc) is 3.22. The molecule has 0 radical (unpaired) electrons. The molecule has 1 aliphatic heterocycles. The lowest BCUT2D eigenvalue weighted by atomic mass is 10.2. The molecule has 1 aliphatic carbocycles. The van der Waals surface area contributed by atoms with E-state index in [-0.39, 0.29) is 5.91 Å². The molecule has 0 aromatic carbocycles. The molecule has 1 saturated carbocycles. The van der Waals surface area contributed by atoms with Gasteiger partial charge in [-0.3, -0.25) is 4.79 Å². The molecule has 136 valence electrons. The highest BCUT2D eigenvalue weighted by Crippen LogP contribution is 2.21. The summed E-state index contributed by atoms with van der Waals surface area (Å²) in [5.41, 5.74) is 0.410. The van der Waals surface area contributed by atoms with Crippen LogP contribution in [0.25, 0.3) is 0 Å². The van der Waals surface area contributed by atoms with E-state index in [0.29, 0.717) is 24.8 Å². The predicted molar refractivity (Wildman–Crippen MR) is 100 cm³/mol. The first kappa shape index (κ1) is 16.8. The van der Waals surface area contributed by atoms with E-state index in [1.54, 1.807) is 12.3 Å². The molecule has 3 heterocycles. The van der Waals surface area contributed by atoms with Gasteiger partial charge in [0.15, 0.2) is 5.69 Å². The van der Waals surface area contributed by atoms with Gasteiger partial charge < -0.3 is 15.1 Å². The normalized spacial score (nSPS) is 18.2. The fraction of sp³-hybridized carbons (Fsp3) is 0.474. The van der Waals surface area contributed by atoms with E-state index in [0.717, 1.165) is 24.7 Å². The van der Waals surface area contributed by atoms with Crippen LogP contribution >= 0.6 is 0 Å². The molecule has 1 N–H and O–H groups in total. The Bertz CT molecular complexity index is 721. The quantitative estimate of drug-likeness (QED) is 0.909. The van der Waals surface area contributed by atoms with Gasteiger partial charge in [0.1, 0.15) is 11.6 Å². The number of piperazine rings is 1. The minimum absolute atomic E-state index is 0.0504. The summed E-state index contributed by atoms with van der Waals surface area (Å²) < 4.78 is 0. The third-order valence-corrected chi connectivity index (χ3v) is 5.13. The van der Waals surface area contributed by atoms with Crippen molar-refractivity contribution < 1.29 is 4.79 Å². The second-order valence-corrected chi connectivity index (χ2v) is 6.90. The summed E-state index contributed by atoms with van der Waals surface area (Å²) in [6, 6.07) is 10.0. The number of aromatic nitrogens is 3. The summed E-state index contributed by atoms with van der Waals surface area (Å²) in [4.78, 5) is 21.1. The first-order valence-electron chi connectivity index (χ1n) is 9.35. The number of carbonyl (C=O) groups excluding carboxylic acids is 1. The molecule has 0 atom stereocenters. The van der Waals surface area contributed by atoms with Gasteiger partial charge in [-0.2, -0.15) is 0 Å². The Morgan fingerprint density at radius 1 is 1.00 bits per heavy atom. The molecule has 7 nitrogen and oxygen atoms in total. The molecule has 2 aromatic heterocycles. The van der Waals surface area contributed by atoms with Gasteiger partial charge in [-0.25, -0.2) is 4.98 Å². The molecule has 0 unspecified atom stereocenters. The Morgan fingerprint density at radius 3 is 2.46 bits per heavy atom. The molecule has 0 spiro atoms. The van der Waals surface area contributed by atoms with Gasteiger partial charge in [-0.05, 0) is 37.1 Å². The van der Waals surface area contributed by atoms with Crippen LogP contribution in [0.15, 0.2) is 36.5 Å². The number of hydrogen-bond acceptors (Lipinski definition) is 6. The number of amides is 1. The molecular formula is C19H24N6O. The van der Waals surface area contributed by atoms with Crippen molar-refractivity contribution in [2.45, 2.75) is 31.7 Å². The van der Waals surface area contributed by atoms with Crippen LogP contribution in [0.5, 0.6) is 0 Å². The fourth-order valence-electron chi connectivity index (χ4n) is 3.64. The number of anilines is 2. The Hall–Kier alpha value is -2.70. The van der Waals surface area contributed by atoms with Crippen molar-refractivity contribution in [3.63, 3.8) is 0 Å². The largest absolute Gasteiger partial charge is 0.366 e. The lowest BCUT2D eigenvalue weighted by Gasteiger charge is -2.35. The summed E-state index contributed by atoms with van der Waals surface area (Å²) in [6.45, 7) is 2.88. The molecule has 2 aliphatic rings. The van der Waals surface area contributed by atoms with Crippen molar-refractivity contribution in [3.05, 3.63) is 42.2 Å². The second kappa shape index (κ2) is 7.68. The lowest BCUT2D eigenvalue weighted by Crippen LogP contribution is -2.49. The van der Waals surface area contributed by atoms with E-state index in [9.17, 15) is 4.79 Å². The first-order chi connectivity index (χ1) is 12.8. The van der Waals surface area contributed by atoms with Crippen molar-refractivity contribution >= 4 is 17.5 Å². The lowest BCUT2D eigenvalue weighted by molar-refractivity contribution is 0.0739. The molecule has 4 rings (SSSR count). The van der Waals surface area contributed by atoms with Crippen molar-refractivity contribution in [2.24, 2.45) is 0 Å². The standard InChI is InChI=1S/C19H24N6O/c26-19(16-8-9-17(23-22-16)21-15-5-1-2-6-15)25-13-11-24(12-14-25)18-7-3-4-10-20-18/h3-4,7-10,15H,1-2,5-6,11-14H2,(H,21,23). The number of pyridine rings is 1. The molecule has 1 amide bonds. The highest BCUT2D eigenvalue weighted by molar-refractivity contribution is 5.92. The number of nitrogens with zero attached hydrogens (tertiary/aromatic N) is 5. The van der Waals surface area contributed by atoms with Crippen LogP contribution in [0.3, 0.4) is 0 Å². The highest BCUT2D eigenvalue weighted by Gasteiger charge is 2.24. The maximum Gasteiger partial charge on any atom is 0.274 e. The fourth-order valence-corrected chi connectivity index (χ4v) is 3.64. The van der Waals surface area contributed by atoms with Crippen LogP contribution in [0.4, 0.5) is 11.6 Å². The van der Waals surface area contributed by atoms with E-state index in [2.05, 4.69) is 25.4 Å². The molecular weight excluding hydrogens is 328 g/mol. The van der Waals surface area contributed by atoms with Crippen LogP contribution in [0.2, 0.25) is 0 Å². The SMILES string of the molecule is O=C(c1ccc(NC2CCCC2)nn1)N1CCN(c2ccccn2)CC1. The van der Waals surface area contributed by atoms with Gasteiger partial charge in [0.25, 0.3) is 5.91 Å². The van der Waals surface area contributed by atoms with E-state index in [4.69, 9.17) is 0 Å². The van der Waals surface area contributed by atoms with Gasteiger partial charge in [0.05, 0.1) is 0 Å². The topological polar surface area (TPSA) is 74.2 Å². The maximum atomic E-state index is 12.7. The van der Waals surface area contributed by atoms with Crippen LogP contribution in [0, 0.1) is 0 Å². The molecule has 26 heavy (non-hydrogen) atoms. The minimum Gasteiger partial charge on any atom is -0.366 e.